The molecule has 2 amide bonds. The van der Waals surface area contributed by atoms with Gasteiger partial charge in [-0.1, -0.05) is 25.1 Å². The van der Waals surface area contributed by atoms with Crippen LogP contribution in [-0.2, 0) is 9.59 Å². The first-order valence-electron chi connectivity index (χ1n) is 8.29. The van der Waals surface area contributed by atoms with Gasteiger partial charge in [0.2, 0.25) is 0 Å². The molecule has 1 atom stereocenters. The van der Waals surface area contributed by atoms with Gasteiger partial charge in [-0.05, 0) is 49.3 Å². The van der Waals surface area contributed by atoms with Crippen LogP contribution < -0.4 is 0 Å². The first kappa shape index (κ1) is 15.8. The number of amides is 2. The second-order valence-electron chi connectivity index (χ2n) is 6.89. The molecule has 3 rings (SSSR count). The highest BCUT2D eigenvalue weighted by atomic mass is 16.2. The van der Waals surface area contributed by atoms with E-state index < -0.39 is 0 Å². The maximum absolute atomic E-state index is 12.7. The predicted molar refractivity (Wildman–Crippen MR) is 90.6 cm³/mol. The number of carbonyl (C=O) groups is 2. The minimum Gasteiger partial charge on any atom is -0.366 e. The Bertz CT molecular complexity index is 705. The Morgan fingerprint density at radius 1 is 1.09 bits per heavy atom. The average Bonchev–Trinajstić information content (AvgIpc) is 2.74. The highest BCUT2D eigenvalue weighted by molar-refractivity contribution is 6.35. The number of likely N-dealkylation sites (N-methyl/N-ethyl adjacent to an activating group) is 1. The van der Waals surface area contributed by atoms with Gasteiger partial charge in [-0.2, -0.15) is 0 Å². The molecule has 4 heteroatoms. The molecule has 23 heavy (non-hydrogen) atoms. The molecule has 0 aliphatic carbocycles. The van der Waals surface area contributed by atoms with Crippen molar-refractivity contribution in [2.45, 2.75) is 33.6 Å². The number of hydrogen-bond acceptors (Lipinski definition) is 3. The van der Waals surface area contributed by atoms with Crippen LogP contribution in [0.1, 0.15) is 36.5 Å². The lowest BCUT2D eigenvalue weighted by atomic mass is 9.96. The van der Waals surface area contributed by atoms with Gasteiger partial charge in [0.05, 0.1) is 5.57 Å². The van der Waals surface area contributed by atoms with Crippen molar-refractivity contribution < 1.29 is 9.59 Å². The molecule has 0 aromatic heterocycles. The average molecular weight is 312 g/mol. The Hall–Kier alpha value is -2.10. The number of benzene rings is 1. The second kappa shape index (κ2) is 5.84. The SMILES string of the molecule is Cc1ccc(C2=C(N3CCCC(C)C3)C(=O)N(C)C2=O)cc1C. The molecule has 1 fully saturated rings. The molecular weight excluding hydrogens is 288 g/mol. The van der Waals surface area contributed by atoms with E-state index in [2.05, 4.69) is 18.7 Å². The number of hydrogen-bond donors (Lipinski definition) is 0. The van der Waals surface area contributed by atoms with E-state index in [4.69, 9.17) is 0 Å². The third-order valence-corrected chi connectivity index (χ3v) is 5.03. The van der Waals surface area contributed by atoms with Gasteiger partial charge < -0.3 is 4.90 Å². The summed E-state index contributed by atoms with van der Waals surface area (Å²) in [5.41, 5.74) is 4.33. The van der Waals surface area contributed by atoms with Crippen LogP contribution >= 0.6 is 0 Å². The lowest BCUT2D eigenvalue weighted by molar-refractivity contribution is -0.136. The minimum atomic E-state index is -0.188. The fourth-order valence-electron chi connectivity index (χ4n) is 3.47. The highest BCUT2D eigenvalue weighted by Crippen LogP contribution is 2.33. The Kier molecular flexibility index (Phi) is 4.00. The van der Waals surface area contributed by atoms with Crippen LogP contribution in [0.25, 0.3) is 5.57 Å². The van der Waals surface area contributed by atoms with E-state index in [1.807, 2.05) is 25.1 Å². The fourth-order valence-corrected chi connectivity index (χ4v) is 3.47. The third-order valence-electron chi connectivity index (χ3n) is 5.03. The molecule has 2 aliphatic rings. The number of piperidine rings is 1. The number of nitrogens with zero attached hydrogens (tertiary/aromatic N) is 2. The Morgan fingerprint density at radius 2 is 1.83 bits per heavy atom. The monoisotopic (exact) mass is 312 g/mol. The van der Waals surface area contributed by atoms with Gasteiger partial charge in [-0.25, -0.2) is 0 Å². The van der Waals surface area contributed by atoms with Gasteiger partial charge in [0, 0.05) is 20.1 Å². The number of aryl methyl sites for hydroxylation is 2. The van der Waals surface area contributed by atoms with Gasteiger partial charge in [-0.15, -0.1) is 0 Å². The molecule has 0 spiro atoms. The molecule has 1 aromatic carbocycles. The summed E-state index contributed by atoms with van der Waals surface area (Å²) in [5, 5.41) is 0. The minimum absolute atomic E-state index is 0.169. The largest absolute Gasteiger partial charge is 0.366 e. The van der Waals surface area contributed by atoms with Crippen molar-refractivity contribution >= 4 is 17.4 Å². The first-order valence-corrected chi connectivity index (χ1v) is 8.29. The zero-order valence-electron chi connectivity index (χ0n) is 14.3. The first-order chi connectivity index (χ1) is 10.9. The number of carbonyl (C=O) groups excluding carboxylic acids is 2. The molecule has 1 aromatic rings. The van der Waals surface area contributed by atoms with E-state index in [1.54, 1.807) is 7.05 Å². The lowest BCUT2D eigenvalue weighted by Gasteiger charge is -2.33. The van der Waals surface area contributed by atoms with E-state index in [0.29, 0.717) is 17.2 Å². The number of rotatable bonds is 2. The standard InChI is InChI=1S/C19H24N2O2/c1-12-6-5-9-21(11-12)17-16(18(22)20(4)19(17)23)15-8-7-13(2)14(3)10-15/h7-8,10,12H,5-6,9,11H2,1-4H3. The van der Waals surface area contributed by atoms with E-state index in [-0.39, 0.29) is 11.8 Å². The topological polar surface area (TPSA) is 40.6 Å². The summed E-state index contributed by atoms with van der Waals surface area (Å²) in [4.78, 5) is 28.7. The van der Waals surface area contributed by atoms with Crippen LogP contribution in [0.2, 0.25) is 0 Å². The molecular formula is C19H24N2O2. The summed E-state index contributed by atoms with van der Waals surface area (Å²) < 4.78 is 0. The van der Waals surface area contributed by atoms with Crippen LogP contribution in [0.3, 0.4) is 0 Å². The van der Waals surface area contributed by atoms with Gasteiger partial charge in [-0.3, -0.25) is 14.5 Å². The summed E-state index contributed by atoms with van der Waals surface area (Å²) in [5.74, 6) is 0.190. The van der Waals surface area contributed by atoms with E-state index in [0.717, 1.165) is 30.6 Å². The van der Waals surface area contributed by atoms with Crippen LogP contribution in [-0.4, -0.2) is 41.8 Å². The molecule has 0 N–H and O–H groups in total. The van der Waals surface area contributed by atoms with Gasteiger partial charge in [0.25, 0.3) is 11.8 Å². The number of imide groups is 1. The van der Waals surface area contributed by atoms with Crippen molar-refractivity contribution in [3.05, 3.63) is 40.6 Å². The quantitative estimate of drug-likeness (QED) is 0.789. The zero-order chi connectivity index (χ0) is 16.7. The maximum atomic E-state index is 12.7. The van der Waals surface area contributed by atoms with E-state index in [1.165, 1.54) is 16.9 Å². The lowest BCUT2D eigenvalue weighted by Crippen LogP contribution is -2.38. The second-order valence-corrected chi connectivity index (χ2v) is 6.89. The van der Waals surface area contributed by atoms with Crippen LogP contribution in [0.15, 0.2) is 23.9 Å². The Balaban J connectivity index is 2.11. The fraction of sp³-hybridized carbons (Fsp3) is 0.474. The predicted octanol–water partition coefficient (Wildman–Crippen LogP) is 2.75. The Morgan fingerprint density at radius 3 is 2.48 bits per heavy atom. The third kappa shape index (κ3) is 2.67. The van der Waals surface area contributed by atoms with Crippen LogP contribution in [0, 0.1) is 19.8 Å². The smallest absolute Gasteiger partial charge is 0.277 e. The molecule has 0 saturated carbocycles. The molecule has 122 valence electrons. The van der Waals surface area contributed by atoms with Gasteiger partial charge in [0.15, 0.2) is 0 Å². The van der Waals surface area contributed by atoms with E-state index >= 15 is 0 Å². The van der Waals surface area contributed by atoms with Crippen molar-refractivity contribution in [1.29, 1.82) is 0 Å². The molecule has 2 aliphatic heterocycles. The molecule has 4 nitrogen and oxygen atoms in total. The van der Waals surface area contributed by atoms with Crippen molar-refractivity contribution in [2.24, 2.45) is 5.92 Å². The summed E-state index contributed by atoms with van der Waals surface area (Å²) in [6.45, 7) is 7.98. The van der Waals surface area contributed by atoms with Crippen molar-refractivity contribution in [3.63, 3.8) is 0 Å². The molecule has 0 radical (unpaired) electrons. The van der Waals surface area contributed by atoms with Crippen LogP contribution in [0.4, 0.5) is 0 Å². The normalized spacial score (nSPS) is 22.3. The van der Waals surface area contributed by atoms with Gasteiger partial charge >= 0.3 is 0 Å². The Labute approximate surface area is 137 Å². The van der Waals surface area contributed by atoms with Crippen molar-refractivity contribution in [2.75, 3.05) is 20.1 Å². The highest BCUT2D eigenvalue weighted by Gasteiger charge is 2.40. The summed E-state index contributed by atoms with van der Waals surface area (Å²) in [6.07, 6.45) is 2.25. The van der Waals surface area contributed by atoms with Crippen LogP contribution in [0.5, 0.6) is 0 Å². The van der Waals surface area contributed by atoms with Gasteiger partial charge in [0.1, 0.15) is 5.70 Å². The van der Waals surface area contributed by atoms with Crippen molar-refractivity contribution in [1.82, 2.24) is 9.80 Å². The van der Waals surface area contributed by atoms with Crippen molar-refractivity contribution in [3.8, 4) is 0 Å². The maximum Gasteiger partial charge on any atom is 0.277 e. The molecule has 1 unspecified atom stereocenters. The molecule has 1 saturated heterocycles. The summed E-state index contributed by atoms with van der Waals surface area (Å²) in [7, 11) is 1.58. The van der Waals surface area contributed by atoms with E-state index in [9.17, 15) is 9.59 Å². The molecule has 2 heterocycles. The summed E-state index contributed by atoms with van der Waals surface area (Å²) in [6, 6.07) is 5.99. The number of likely N-dealkylation sites (tertiary alicyclic amines) is 1. The molecule has 0 bridgehead atoms. The summed E-state index contributed by atoms with van der Waals surface area (Å²) >= 11 is 0. The zero-order valence-corrected chi connectivity index (χ0v) is 14.3.